The zero-order valence-electron chi connectivity index (χ0n) is 12.5. The molecule has 1 unspecified atom stereocenters. The van der Waals surface area contributed by atoms with Gasteiger partial charge in [-0.3, -0.25) is 9.59 Å². The van der Waals surface area contributed by atoms with Crippen LogP contribution in [0.15, 0.2) is 30.3 Å². The summed E-state index contributed by atoms with van der Waals surface area (Å²) in [5.41, 5.74) is 6.53. The van der Waals surface area contributed by atoms with Crippen molar-refractivity contribution < 1.29 is 9.59 Å². The summed E-state index contributed by atoms with van der Waals surface area (Å²) in [5, 5.41) is 0. The van der Waals surface area contributed by atoms with Crippen molar-refractivity contribution in [2.75, 3.05) is 6.54 Å². The number of primary amides is 1. The molecule has 0 spiro atoms. The van der Waals surface area contributed by atoms with E-state index in [2.05, 4.69) is 0 Å². The van der Waals surface area contributed by atoms with E-state index in [1.807, 2.05) is 44.2 Å². The van der Waals surface area contributed by atoms with Crippen molar-refractivity contribution in [3.05, 3.63) is 35.9 Å². The normalized spacial score (nSPS) is 12.2. The summed E-state index contributed by atoms with van der Waals surface area (Å²) < 4.78 is 0. The standard InChI is InChI=1S/C16H24N2O2/c1-4-15(19)18(11-12(2)3)14(16(17)20)10-13-8-6-5-7-9-13/h5-9,12,14H,4,10-11H2,1-3H3,(H2,17,20). The summed E-state index contributed by atoms with van der Waals surface area (Å²) in [6, 6.07) is 9.07. The molecular weight excluding hydrogens is 252 g/mol. The van der Waals surface area contributed by atoms with Crippen LogP contribution in [0, 0.1) is 5.92 Å². The average molecular weight is 276 g/mol. The molecule has 2 amide bonds. The van der Waals surface area contributed by atoms with Gasteiger partial charge in [-0.25, -0.2) is 0 Å². The van der Waals surface area contributed by atoms with Crippen LogP contribution in [0.25, 0.3) is 0 Å². The Morgan fingerprint density at radius 3 is 2.25 bits per heavy atom. The first-order valence-corrected chi connectivity index (χ1v) is 7.08. The quantitative estimate of drug-likeness (QED) is 0.827. The Labute approximate surface area is 121 Å². The first-order chi connectivity index (χ1) is 9.45. The van der Waals surface area contributed by atoms with Crippen LogP contribution in [-0.2, 0) is 16.0 Å². The molecule has 0 bridgehead atoms. The predicted octanol–water partition coefficient (Wildman–Crippen LogP) is 1.98. The van der Waals surface area contributed by atoms with Crippen molar-refractivity contribution in [3.8, 4) is 0 Å². The van der Waals surface area contributed by atoms with Gasteiger partial charge in [-0.1, -0.05) is 51.1 Å². The van der Waals surface area contributed by atoms with Gasteiger partial charge in [0.15, 0.2) is 0 Å². The van der Waals surface area contributed by atoms with Gasteiger partial charge in [0.2, 0.25) is 11.8 Å². The molecule has 1 rings (SSSR count). The molecule has 0 radical (unpaired) electrons. The summed E-state index contributed by atoms with van der Waals surface area (Å²) in [7, 11) is 0. The lowest BCUT2D eigenvalue weighted by molar-refractivity contribution is -0.139. The van der Waals surface area contributed by atoms with Gasteiger partial charge in [0.05, 0.1) is 0 Å². The number of nitrogens with two attached hydrogens (primary N) is 1. The third-order valence-corrected chi connectivity index (χ3v) is 3.16. The Bertz CT molecular complexity index is 443. The maximum absolute atomic E-state index is 12.1. The molecule has 0 aromatic heterocycles. The van der Waals surface area contributed by atoms with E-state index in [4.69, 9.17) is 5.73 Å². The van der Waals surface area contributed by atoms with E-state index in [1.165, 1.54) is 0 Å². The highest BCUT2D eigenvalue weighted by Crippen LogP contribution is 2.13. The van der Waals surface area contributed by atoms with Crippen LogP contribution >= 0.6 is 0 Å². The van der Waals surface area contributed by atoms with Crippen LogP contribution in [0.1, 0.15) is 32.8 Å². The third-order valence-electron chi connectivity index (χ3n) is 3.16. The second kappa shape index (κ2) is 7.68. The van der Waals surface area contributed by atoms with Gasteiger partial charge in [-0.15, -0.1) is 0 Å². The molecule has 0 aliphatic rings. The fraction of sp³-hybridized carbons (Fsp3) is 0.500. The van der Waals surface area contributed by atoms with Crippen molar-refractivity contribution in [1.82, 2.24) is 4.90 Å². The van der Waals surface area contributed by atoms with E-state index in [1.54, 1.807) is 11.8 Å². The molecule has 4 heteroatoms. The lowest BCUT2D eigenvalue weighted by atomic mass is 10.0. The number of rotatable bonds is 7. The molecule has 4 nitrogen and oxygen atoms in total. The minimum atomic E-state index is -0.577. The summed E-state index contributed by atoms with van der Waals surface area (Å²) in [6.45, 7) is 6.40. The van der Waals surface area contributed by atoms with Crippen LogP contribution < -0.4 is 5.73 Å². The predicted molar refractivity (Wildman–Crippen MR) is 80.0 cm³/mol. The molecule has 0 aliphatic heterocycles. The second-order valence-electron chi connectivity index (χ2n) is 5.40. The summed E-state index contributed by atoms with van der Waals surface area (Å²) in [4.78, 5) is 25.5. The molecule has 0 saturated carbocycles. The number of hydrogen-bond donors (Lipinski definition) is 1. The summed E-state index contributed by atoms with van der Waals surface area (Å²) >= 11 is 0. The molecule has 1 aromatic rings. The van der Waals surface area contributed by atoms with Crippen molar-refractivity contribution in [3.63, 3.8) is 0 Å². The maximum atomic E-state index is 12.1. The Hall–Kier alpha value is -1.84. The van der Waals surface area contributed by atoms with Crippen LogP contribution in [0.2, 0.25) is 0 Å². The molecule has 0 fully saturated rings. The highest BCUT2D eigenvalue weighted by atomic mass is 16.2. The van der Waals surface area contributed by atoms with E-state index >= 15 is 0 Å². The van der Waals surface area contributed by atoms with Crippen molar-refractivity contribution in [1.29, 1.82) is 0 Å². The van der Waals surface area contributed by atoms with Crippen molar-refractivity contribution in [2.45, 2.75) is 39.7 Å². The largest absolute Gasteiger partial charge is 0.368 e. The van der Waals surface area contributed by atoms with Crippen LogP contribution in [0.3, 0.4) is 0 Å². The molecule has 20 heavy (non-hydrogen) atoms. The molecule has 0 saturated heterocycles. The lowest BCUT2D eigenvalue weighted by Gasteiger charge is -2.31. The highest BCUT2D eigenvalue weighted by molar-refractivity contribution is 5.86. The van der Waals surface area contributed by atoms with E-state index in [0.717, 1.165) is 5.56 Å². The van der Waals surface area contributed by atoms with Gasteiger partial charge in [-0.2, -0.15) is 0 Å². The molecule has 2 N–H and O–H groups in total. The highest BCUT2D eigenvalue weighted by Gasteiger charge is 2.27. The van der Waals surface area contributed by atoms with Gasteiger partial charge >= 0.3 is 0 Å². The zero-order chi connectivity index (χ0) is 15.1. The lowest BCUT2D eigenvalue weighted by Crippen LogP contribution is -2.50. The van der Waals surface area contributed by atoms with Crippen LogP contribution in [0.4, 0.5) is 0 Å². The number of hydrogen-bond acceptors (Lipinski definition) is 2. The minimum Gasteiger partial charge on any atom is -0.368 e. The fourth-order valence-electron chi connectivity index (χ4n) is 2.20. The zero-order valence-corrected chi connectivity index (χ0v) is 12.5. The van der Waals surface area contributed by atoms with Crippen molar-refractivity contribution >= 4 is 11.8 Å². The van der Waals surface area contributed by atoms with Gasteiger partial charge in [0.25, 0.3) is 0 Å². The number of carbonyl (C=O) groups is 2. The number of amides is 2. The molecule has 1 atom stereocenters. The van der Waals surface area contributed by atoms with Gasteiger partial charge < -0.3 is 10.6 Å². The number of benzene rings is 1. The summed E-state index contributed by atoms with van der Waals surface area (Å²) in [6.07, 6.45) is 0.847. The molecule has 0 aliphatic carbocycles. The second-order valence-corrected chi connectivity index (χ2v) is 5.40. The van der Waals surface area contributed by atoms with Crippen LogP contribution in [-0.4, -0.2) is 29.3 Å². The average Bonchev–Trinajstić information content (AvgIpc) is 2.42. The minimum absolute atomic E-state index is 0.0292. The van der Waals surface area contributed by atoms with E-state index < -0.39 is 11.9 Å². The van der Waals surface area contributed by atoms with Crippen LogP contribution in [0.5, 0.6) is 0 Å². The number of carbonyl (C=O) groups excluding carboxylic acids is 2. The first-order valence-electron chi connectivity index (χ1n) is 7.08. The Balaban J connectivity index is 2.95. The van der Waals surface area contributed by atoms with Crippen molar-refractivity contribution in [2.24, 2.45) is 11.7 Å². The number of nitrogens with zero attached hydrogens (tertiary/aromatic N) is 1. The van der Waals surface area contributed by atoms with E-state index in [-0.39, 0.29) is 5.91 Å². The summed E-state index contributed by atoms with van der Waals surface area (Å²) in [5.74, 6) is -0.183. The maximum Gasteiger partial charge on any atom is 0.240 e. The third kappa shape index (κ3) is 4.68. The molecular formula is C16H24N2O2. The molecule has 0 heterocycles. The Morgan fingerprint density at radius 1 is 1.20 bits per heavy atom. The Morgan fingerprint density at radius 2 is 1.80 bits per heavy atom. The topological polar surface area (TPSA) is 63.4 Å². The van der Waals surface area contributed by atoms with Gasteiger partial charge in [0.1, 0.15) is 6.04 Å². The smallest absolute Gasteiger partial charge is 0.240 e. The van der Waals surface area contributed by atoms with E-state index in [0.29, 0.717) is 25.3 Å². The monoisotopic (exact) mass is 276 g/mol. The molecule has 1 aromatic carbocycles. The van der Waals surface area contributed by atoms with Gasteiger partial charge in [-0.05, 0) is 11.5 Å². The SMILES string of the molecule is CCC(=O)N(CC(C)C)C(Cc1ccccc1)C(N)=O. The van der Waals surface area contributed by atoms with Gasteiger partial charge in [0, 0.05) is 19.4 Å². The molecule has 110 valence electrons. The first kappa shape index (κ1) is 16.2. The van der Waals surface area contributed by atoms with E-state index in [9.17, 15) is 9.59 Å². The Kier molecular flexibility index (Phi) is 6.22. The fourth-order valence-corrected chi connectivity index (χ4v) is 2.20.